The Kier molecular flexibility index (Phi) is 4.40. The highest BCUT2D eigenvalue weighted by Gasteiger charge is 2.53. The fourth-order valence-electron chi connectivity index (χ4n) is 2.81. The normalized spacial score (nSPS) is 20.5. The molecule has 1 atom stereocenters. The minimum atomic E-state index is -0.654. The molecule has 3 rings (SSSR count). The van der Waals surface area contributed by atoms with Gasteiger partial charge in [-0.25, -0.2) is 4.79 Å². The second-order valence-corrected chi connectivity index (χ2v) is 6.50. The number of hydrogen-bond donors (Lipinski definition) is 0. The zero-order chi connectivity index (χ0) is 17.4. The van der Waals surface area contributed by atoms with Gasteiger partial charge in [0.1, 0.15) is 6.54 Å². The first-order valence-electron chi connectivity index (χ1n) is 7.58. The standard InChI is InChI=1S/C16H18BrN4O3/c1-4-24-15-18-13-12(14(22)20(3)16(23)19(13)2)21(15)9-10-6-5-7-11(17)8-10/h5-8,12H,4,9H2,1-3H3/q+1. The van der Waals surface area contributed by atoms with Crippen LogP contribution < -0.4 is 0 Å². The Morgan fingerprint density at radius 1 is 1.29 bits per heavy atom. The summed E-state index contributed by atoms with van der Waals surface area (Å²) in [6.45, 7) is 2.73. The average Bonchev–Trinajstić information content (AvgIpc) is 2.90. The number of aliphatic imine (C=N–C) groups is 1. The van der Waals surface area contributed by atoms with Crippen LogP contribution in [-0.2, 0) is 16.1 Å². The molecule has 0 N–H and O–H groups in total. The van der Waals surface area contributed by atoms with E-state index in [1.54, 1.807) is 11.6 Å². The highest BCUT2D eigenvalue weighted by molar-refractivity contribution is 9.10. The molecular weight excluding hydrogens is 376 g/mol. The molecule has 0 bridgehead atoms. The van der Waals surface area contributed by atoms with Gasteiger partial charge in [-0.2, -0.15) is 4.58 Å². The lowest BCUT2D eigenvalue weighted by atomic mass is 10.1. The van der Waals surface area contributed by atoms with E-state index in [1.165, 1.54) is 11.9 Å². The molecule has 2 aliphatic heterocycles. The Bertz CT molecular complexity index is 774. The topological polar surface area (TPSA) is 65.2 Å². The minimum Gasteiger partial charge on any atom is -0.429 e. The van der Waals surface area contributed by atoms with Crippen LogP contribution in [0.1, 0.15) is 12.5 Å². The summed E-state index contributed by atoms with van der Waals surface area (Å²) >= 11 is 3.45. The number of amidine groups is 2. The maximum atomic E-state index is 12.7. The van der Waals surface area contributed by atoms with Crippen molar-refractivity contribution in [3.63, 3.8) is 0 Å². The van der Waals surface area contributed by atoms with E-state index < -0.39 is 12.1 Å². The Morgan fingerprint density at radius 3 is 2.71 bits per heavy atom. The number of amides is 3. The Morgan fingerprint density at radius 2 is 2.04 bits per heavy atom. The Balaban J connectivity index is 2.01. The van der Waals surface area contributed by atoms with Crippen molar-refractivity contribution < 1.29 is 18.9 Å². The quantitative estimate of drug-likeness (QED) is 0.733. The van der Waals surface area contributed by atoms with Crippen molar-refractivity contribution in [1.82, 2.24) is 9.80 Å². The van der Waals surface area contributed by atoms with E-state index in [2.05, 4.69) is 20.9 Å². The van der Waals surface area contributed by atoms with Crippen molar-refractivity contribution in [2.45, 2.75) is 19.5 Å². The van der Waals surface area contributed by atoms with Crippen LogP contribution >= 0.6 is 15.9 Å². The zero-order valence-electron chi connectivity index (χ0n) is 13.7. The number of carbonyl (C=O) groups excluding carboxylic acids is 2. The van der Waals surface area contributed by atoms with Gasteiger partial charge in [-0.3, -0.25) is 14.6 Å². The molecule has 2 heterocycles. The molecule has 0 saturated carbocycles. The lowest BCUT2D eigenvalue weighted by Gasteiger charge is -2.30. The number of rotatable bonds is 3. The lowest BCUT2D eigenvalue weighted by molar-refractivity contribution is -0.558. The predicted molar refractivity (Wildman–Crippen MR) is 91.9 cm³/mol. The summed E-state index contributed by atoms with van der Waals surface area (Å²) in [7, 11) is 3.09. The maximum absolute atomic E-state index is 12.7. The van der Waals surface area contributed by atoms with Crippen LogP contribution in [0, 0.1) is 0 Å². The molecule has 1 saturated heterocycles. The number of ether oxygens (including phenoxy) is 1. The molecule has 0 radical (unpaired) electrons. The van der Waals surface area contributed by atoms with Crippen molar-refractivity contribution >= 4 is 39.7 Å². The van der Waals surface area contributed by atoms with E-state index in [4.69, 9.17) is 4.74 Å². The molecule has 0 aromatic heterocycles. The van der Waals surface area contributed by atoms with Crippen LogP contribution in [0.3, 0.4) is 0 Å². The molecule has 1 aromatic rings. The van der Waals surface area contributed by atoms with Gasteiger partial charge in [-0.05, 0) is 24.6 Å². The first-order chi connectivity index (χ1) is 11.4. The molecule has 126 valence electrons. The molecule has 0 aliphatic carbocycles. The Hall–Kier alpha value is -2.22. The number of nitrogens with zero attached hydrogens (tertiary/aromatic N) is 4. The van der Waals surface area contributed by atoms with E-state index >= 15 is 0 Å². The number of halogens is 1. The second kappa shape index (κ2) is 6.35. The third-order valence-corrected chi connectivity index (χ3v) is 4.50. The van der Waals surface area contributed by atoms with E-state index in [1.807, 2.05) is 31.2 Å². The molecule has 0 spiro atoms. The summed E-state index contributed by atoms with van der Waals surface area (Å²) in [6, 6.07) is 7.14. The summed E-state index contributed by atoms with van der Waals surface area (Å²) < 4.78 is 8.36. The third-order valence-electron chi connectivity index (χ3n) is 4.01. The first kappa shape index (κ1) is 16.6. The van der Waals surface area contributed by atoms with Crippen LogP contribution in [0.2, 0.25) is 0 Å². The molecule has 2 aliphatic rings. The highest BCUT2D eigenvalue weighted by Crippen LogP contribution is 2.22. The number of urea groups is 1. The van der Waals surface area contributed by atoms with Crippen LogP contribution in [0.15, 0.2) is 33.7 Å². The summed E-state index contributed by atoms with van der Waals surface area (Å²) in [5.74, 6) is 0.100. The van der Waals surface area contributed by atoms with Gasteiger partial charge in [0.25, 0.3) is 17.8 Å². The first-order valence-corrected chi connectivity index (χ1v) is 8.38. The summed E-state index contributed by atoms with van der Waals surface area (Å²) in [5.41, 5.74) is 1.01. The number of imide groups is 1. The third kappa shape index (κ3) is 2.71. The van der Waals surface area contributed by atoms with Crippen LogP contribution in [0.4, 0.5) is 4.79 Å². The summed E-state index contributed by atoms with van der Waals surface area (Å²) in [6.07, 6.45) is 0. The number of hydrogen-bond acceptors (Lipinski definition) is 4. The highest BCUT2D eigenvalue weighted by atomic mass is 79.9. The average molecular weight is 394 g/mol. The zero-order valence-corrected chi connectivity index (χ0v) is 15.3. The van der Waals surface area contributed by atoms with Crippen LogP contribution in [0.5, 0.6) is 0 Å². The summed E-state index contributed by atoms with van der Waals surface area (Å²) in [4.78, 5) is 31.7. The number of likely N-dealkylation sites (N-methyl/N-ethyl adjacent to an activating group) is 2. The van der Waals surface area contributed by atoms with E-state index in [-0.39, 0.29) is 5.91 Å². The number of fused-ring (bicyclic) bond motifs is 1. The smallest absolute Gasteiger partial charge is 0.429 e. The molecule has 1 fully saturated rings. The fourth-order valence-corrected chi connectivity index (χ4v) is 3.26. The van der Waals surface area contributed by atoms with Gasteiger partial charge in [-0.1, -0.05) is 28.1 Å². The van der Waals surface area contributed by atoms with E-state index in [0.717, 1.165) is 14.9 Å². The largest absolute Gasteiger partial charge is 0.496 e. The molecule has 8 heteroatoms. The van der Waals surface area contributed by atoms with Crippen molar-refractivity contribution in [3.8, 4) is 0 Å². The second-order valence-electron chi connectivity index (χ2n) is 5.58. The van der Waals surface area contributed by atoms with Gasteiger partial charge in [0.2, 0.25) is 0 Å². The Labute approximate surface area is 148 Å². The van der Waals surface area contributed by atoms with Crippen molar-refractivity contribution in [2.75, 3.05) is 20.7 Å². The molecule has 24 heavy (non-hydrogen) atoms. The summed E-state index contributed by atoms with van der Waals surface area (Å²) in [5, 5.41) is 0. The number of benzene rings is 1. The maximum Gasteiger partial charge on any atom is 0.496 e. The van der Waals surface area contributed by atoms with Crippen molar-refractivity contribution in [1.29, 1.82) is 0 Å². The fraction of sp³-hybridized carbons (Fsp3) is 0.375. The van der Waals surface area contributed by atoms with Crippen LogP contribution in [-0.4, -0.2) is 64.9 Å². The van der Waals surface area contributed by atoms with Gasteiger partial charge in [0.15, 0.2) is 0 Å². The van der Waals surface area contributed by atoms with Gasteiger partial charge in [-0.15, -0.1) is 0 Å². The monoisotopic (exact) mass is 393 g/mol. The van der Waals surface area contributed by atoms with E-state index in [9.17, 15) is 9.59 Å². The van der Waals surface area contributed by atoms with Crippen molar-refractivity contribution in [2.24, 2.45) is 4.99 Å². The van der Waals surface area contributed by atoms with Gasteiger partial charge in [0.05, 0.1) is 6.61 Å². The minimum absolute atomic E-state index is 0.304. The SMILES string of the molecule is CCOC1=[N+](Cc2cccc(Br)c2)C2C(=O)N(C)C(=O)N(C)C2=N1. The molecule has 1 unspecified atom stereocenters. The van der Waals surface area contributed by atoms with Crippen LogP contribution in [0.25, 0.3) is 0 Å². The van der Waals surface area contributed by atoms with Gasteiger partial charge >= 0.3 is 12.1 Å². The lowest BCUT2D eigenvalue weighted by Crippen LogP contribution is -2.61. The molecule has 3 amide bonds. The van der Waals surface area contributed by atoms with E-state index in [0.29, 0.717) is 25.0 Å². The number of carbonyl (C=O) groups is 2. The van der Waals surface area contributed by atoms with Crippen molar-refractivity contribution in [3.05, 3.63) is 34.3 Å². The van der Waals surface area contributed by atoms with Gasteiger partial charge in [0, 0.05) is 23.6 Å². The van der Waals surface area contributed by atoms with Gasteiger partial charge < -0.3 is 4.74 Å². The molecule has 1 aromatic carbocycles. The molecule has 7 nitrogen and oxygen atoms in total. The predicted octanol–water partition coefficient (Wildman–Crippen LogP) is 1.66. The molecular formula is C16H18BrN4O3+.